The maximum atomic E-state index is 13.3. The van der Waals surface area contributed by atoms with Crippen LogP contribution in [-0.2, 0) is 5.60 Å². The number of fused-ring (bicyclic) bond motifs is 1. The van der Waals surface area contributed by atoms with Gasteiger partial charge in [0.25, 0.3) is 0 Å². The number of aliphatic hydroxyl groups is 2. The van der Waals surface area contributed by atoms with Crippen molar-refractivity contribution in [3.05, 3.63) is 47.4 Å². The fourth-order valence-corrected chi connectivity index (χ4v) is 2.72. The molecule has 2 aromatic rings. The molecule has 0 bridgehead atoms. The van der Waals surface area contributed by atoms with Crippen molar-refractivity contribution >= 4 is 0 Å². The Balaban J connectivity index is 2.24. The number of alkyl halides is 4. The van der Waals surface area contributed by atoms with Crippen LogP contribution in [0.5, 0.6) is 5.75 Å². The van der Waals surface area contributed by atoms with Crippen LogP contribution in [0.4, 0.5) is 22.0 Å². The first-order valence-corrected chi connectivity index (χ1v) is 7.59. The van der Waals surface area contributed by atoms with Crippen LogP contribution < -0.4 is 4.74 Å². The Morgan fingerprint density at radius 1 is 1.19 bits per heavy atom. The highest BCUT2D eigenvalue weighted by Crippen LogP contribution is 2.48. The van der Waals surface area contributed by atoms with Crippen molar-refractivity contribution in [1.29, 1.82) is 0 Å². The largest absolute Gasteiger partial charge is 0.490 e. The highest BCUT2D eigenvalue weighted by atomic mass is 19.4. The normalized spacial score (nSPS) is 19.0. The number of ether oxygens (including phenoxy) is 1. The highest BCUT2D eigenvalue weighted by molar-refractivity contribution is 5.70. The number of hydrogen-bond donors (Lipinski definition) is 2. The van der Waals surface area contributed by atoms with Gasteiger partial charge < -0.3 is 14.9 Å². The Hall–Kier alpha value is -2.26. The lowest BCUT2D eigenvalue weighted by Crippen LogP contribution is -2.34. The summed E-state index contributed by atoms with van der Waals surface area (Å²) in [5, 5.41) is 19.4. The molecule has 2 N–H and O–H groups in total. The molecule has 0 radical (unpaired) electrons. The van der Waals surface area contributed by atoms with E-state index in [-0.39, 0.29) is 22.6 Å². The zero-order chi connectivity index (χ0) is 19.1. The molecule has 0 unspecified atom stereocenters. The van der Waals surface area contributed by atoms with E-state index in [1.54, 1.807) is 0 Å². The van der Waals surface area contributed by atoms with Crippen molar-refractivity contribution in [2.24, 2.45) is 0 Å². The second-order valence-corrected chi connectivity index (χ2v) is 6.01. The van der Waals surface area contributed by atoms with E-state index < -0.39 is 49.1 Å². The van der Waals surface area contributed by atoms with E-state index in [4.69, 9.17) is 4.74 Å². The second kappa shape index (κ2) is 6.48. The zero-order valence-electron chi connectivity index (χ0n) is 13.2. The van der Waals surface area contributed by atoms with Gasteiger partial charge in [0.1, 0.15) is 36.5 Å². The van der Waals surface area contributed by atoms with E-state index >= 15 is 0 Å². The molecule has 26 heavy (non-hydrogen) atoms. The molecule has 4 nitrogen and oxygen atoms in total. The molecule has 1 aliphatic rings. The van der Waals surface area contributed by atoms with Gasteiger partial charge in [-0.05, 0) is 30.3 Å². The van der Waals surface area contributed by atoms with Gasteiger partial charge in [-0.1, -0.05) is 0 Å². The predicted molar refractivity (Wildman–Crippen MR) is 80.9 cm³/mol. The summed E-state index contributed by atoms with van der Waals surface area (Å²) in [5.41, 5.74) is -3.10. The first-order valence-electron chi connectivity index (χ1n) is 7.59. The first kappa shape index (κ1) is 18.5. The highest BCUT2D eigenvalue weighted by Gasteiger charge is 2.48. The first-order chi connectivity index (χ1) is 12.2. The minimum Gasteiger partial charge on any atom is -0.490 e. The van der Waals surface area contributed by atoms with Gasteiger partial charge in [0.15, 0.2) is 5.60 Å². The standard InChI is InChI=1S/C17H14F5NO3/c18-7-16(25,8-24)13-5-11-12(17(20,21)22)6-26-15(11)14(23-13)9-1-3-10(19)4-2-9/h1-5,12,24-25H,6-8H2/t12-,16+/m1/s1. The van der Waals surface area contributed by atoms with Gasteiger partial charge in [-0.25, -0.2) is 13.8 Å². The maximum Gasteiger partial charge on any atom is 0.399 e. The van der Waals surface area contributed by atoms with Gasteiger partial charge in [0.2, 0.25) is 0 Å². The number of rotatable bonds is 4. The summed E-state index contributed by atoms with van der Waals surface area (Å²) in [6.45, 7) is -3.21. The number of aromatic nitrogens is 1. The van der Waals surface area contributed by atoms with Crippen LogP contribution in [0.2, 0.25) is 0 Å². The molecule has 1 aromatic heterocycles. The lowest BCUT2D eigenvalue weighted by Gasteiger charge is -2.24. The summed E-state index contributed by atoms with van der Waals surface area (Å²) in [4.78, 5) is 4.01. The summed E-state index contributed by atoms with van der Waals surface area (Å²) >= 11 is 0. The molecule has 2 heterocycles. The van der Waals surface area contributed by atoms with Gasteiger partial charge in [-0.3, -0.25) is 0 Å². The number of nitrogens with zero attached hydrogens (tertiary/aromatic N) is 1. The van der Waals surface area contributed by atoms with Crippen molar-refractivity contribution < 1.29 is 36.9 Å². The molecule has 0 spiro atoms. The zero-order valence-corrected chi connectivity index (χ0v) is 13.2. The van der Waals surface area contributed by atoms with Crippen LogP contribution in [-0.4, -0.2) is 41.3 Å². The maximum absolute atomic E-state index is 13.3. The third-order valence-electron chi connectivity index (χ3n) is 4.24. The topological polar surface area (TPSA) is 62.6 Å². The number of pyridine rings is 1. The predicted octanol–water partition coefficient (Wildman–Crippen LogP) is 3.08. The number of benzene rings is 1. The minimum atomic E-state index is -4.63. The smallest absolute Gasteiger partial charge is 0.399 e. The summed E-state index contributed by atoms with van der Waals surface area (Å²) < 4.78 is 71.4. The van der Waals surface area contributed by atoms with Crippen LogP contribution >= 0.6 is 0 Å². The van der Waals surface area contributed by atoms with E-state index in [0.717, 1.165) is 18.2 Å². The quantitative estimate of drug-likeness (QED) is 0.807. The van der Waals surface area contributed by atoms with Crippen LogP contribution in [0.25, 0.3) is 11.3 Å². The van der Waals surface area contributed by atoms with E-state index in [9.17, 15) is 32.2 Å². The van der Waals surface area contributed by atoms with Crippen molar-refractivity contribution in [3.8, 4) is 17.0 Å². The second-order valence-electron chi connectivity index (χ2n) is 6.01. The molecule has 0 saturated heterocycles. The molecule has 1 aliphatic heterocycles. The van der Waals surface area contributed by atoms with E-state index in [0.29, 0.717) is 0 Å². The number of hydrogen-bond acceptors (Lipinski definition) is 4. The SMILES string of the molecule is OC[C@@](O)(CF)c1cc2c(c(-c3ccc(F)cc3)n1)OC[C@H]2C(F)(F)F. The molecule has 1 aromatic carbocycles. The van der Waals surface area contributed by atoms with Crippen molar-refractivity contribution in [2.75, 3.05) is 19.9 Å². The molecular weight excluding hydrogens is 361 g/mol. The summed E-state index contributed by atoms with van der Waals surface area (Å²) in [5.74, 6) is -2.71. The fourth-order valence-electron chi connectivity index (χ4n) is 2.72. The number of halogens is 5. The fraction of sp³-hybridized carbons (Fsp3) is 0.353. The third kappa shape index (κ3) is 3.12. The van der Waals surface area contributed by atoms with E-state index in [1.807, 2.05) is 0 Å². The summed E-state index contributed by atoms with van der Waals surface area (Å²) in [7, 11) is 0. The molecule has 0 amide bonds. The Kier molecular flexibility index (Phi) is 4.61. The number of aliphatic hydroxyl groups excluding tert-OH is 1. The Morgan fingerprint density at radius 2 is 1.85 bits per heavy atom. The molecule has 0 saturated carbocycles. The monoisotopic (exact) mass is 375 g/mol. The van der Waals surface area contributed by atoms with Crippen molar-refractivity contribution in [1.82, 2.24) is 4.98 Å². The van der Waals surface area contributed by atoms with E-state index in [1.165, 1.54) is 12.1 Å². The molecule has 140 valence electrons. The molecule has 0 fully saturated rings. The summed E-state index contributed by atoms with van der Waals surface area (Å²) in [6.07, 6.45) is -4.63. The van der Waals surface area contributed by atoms with Gasteiger partial charge in [-0.15, -0.1) is 0 Å². The van der Waals surface area contributed by atoms with Crippen LogP contribution in [0, 0.1) is 5.82 Å². The summed E-state index contributed by atoms with van der Waals surface area (Å²) in [6, 6.07) is 5.61. The van der Waals surface area contributed by atoms with Crippen LogP contribution in [0.1, 0.15) is 17.2 Å². The lowest BCUT2D eigenvalue weighted by molar-refractivity contribution is -0.151. The van der Waals surface area contributed by atoms with E-state index in [2.05, 4.69) is 4.98 Å². The Labute approximate surface area is 144 Å². The van der Waals surface area contributed by atoms with Gasteiger partial charge in [0.05, 0.1) is 12.3 Å². The van der Waals surface area contributed by atoms with Gasteiger partial charge >= 0.3 is 6.18 Å². The Bertz CT molecular complexity index is 803. The Morgan fingerprint density at radius 3 is 2.38 bits per heavy atom. The average Bonchev–Trinajstić information content (AvgIpc) is 3.05. The third-order valence-corrected chi connectivity index (χ3v) is 4.24. The van der Waals surface area contributed by atoms with Gasteiger partial charge in [-0.2, -0.15) is 13.2 Å². The minimum absolute atomic E-state index is 0.0930. The van der Waals surface area contributed by atoms with Crippen molar-refractivity contribution in [2.45, 2.75) is 17.7 Å². The van der Waals surface area contributed by atoms with Crippen LogP contribution in [0.15, 0.2) is 30.3 Å². The molecule has 0 aliphatic carbocycles. The molecular formula is C17H14F5NO3. The van der Waals surface area contributed by atoms with Gasteiger partial charge in [0, 0.05) is 11.1 Å². The molecule has 2 atom stereocenters. The van der Waals surface area contributed by atoms with Crippen molar-refractivity contribution in [3.63, 3.8) is 0 Å². The molecule has 3 rings (SSSR count). The lowest BCUT2D eigenvalue weighted by atomic mass is 9.93. The average molecular weight is 375 g/mol. The molecule has 9 heteroatoms. The van der Waals surface area contributed by atoms with Crippen LogP contribution in [0.3, 0.4) is 0 Å².